The van der Waals surface area contributed by atoms with Gasteiger partial charge in [-0.05, 0) is 19.3 Å². The molecule has 0 aromatic heterocycles. The van der Waals surface area contributed by atoms with Crippen molar-refractivity contribution in [3.05, 3.63) is 12.7 Å². The maximum Gasteiger partial charge on any atom is 0.0572 e. The van der Waals surface area contributed by atoms with Crippen LogP contribution >= 0.6 is 0 Å². The standard InChI is InChI=1S/C10H20O/c1-4-7-9-11-10(6-3)8-5-2/h4,10H,1,5-9H2,2-3H3. The molecule has 0 saturated heterocycles. The average Bonchev–Trinajstić information content (AvgIpc) is 2.03. The second-order valence-electron chi connectivity index (χ2n) is 2.77. The van der Waals surface area contributed by atoms with Crippen molar-refractivity contribution in [2.24, 2.45) is 0 Å². The predicted octanol–water partition coefficient (Wildman–Crippen LogP) is 3.16. The zero-order valence-corrected chi connectivity index (χ0v) is 7.81. The van der Waals surface area contributed by atoms with Crippen LogP contribution in [0.1, 0.15) is 39.5 Å². The number of hydrogen-bond donors (Lipinski definition) is 0. The molecule has 66 valence electrons. The van der Waals surface area contributed by atoms with Crippen LogP contribution in [-0.2, 0) is 4.74 Å². The minimum Gasteiger partial charge on any atom is -0.378 e. The third-order valence-corrected chi connectivity index (χ3v) is 1.74. The summed E-state index contributed by atoms with van der Waals surface area (Å²) in [7, 11) is 0. The second kappa shape index (κ2) is 7.80. The minimum atomic E-state index is 0.472. The van der Waals surface area contributed by atoms with Gasteiger partial charge in [0.1, 0.15) is 0 Å². The molecule has 0 rings (SSSR count). The Labute approximate surface area is 70.4 Å². The first kappa shape index (κ1) is 10.7. The minimum absolute atomic E-state index is 0.472. The topological polar surface area (TPSA) is 9.23 Å². The largest absolute Gasteiger partial charge is 0.378 e. The maximum absolute atomic E-state index is 5.60. The highest BCUT2D eigenvalue weighted by Crippen LogP contribution is 2.06. The van der Waals surface area contributed by atoms with Gasteiger partial charge in [0.25, 0.3) is 0 Å². The van der Waals surface area contributed by atoms with Crippen LogP contribution in [0.4, 0.5) is 0 Å². The Balaban J connectivity index is 3.27. The van der Waals surface area contributed by atoms with Gasteiger partial charge in [0.05, 0.1) is 12.7 Å². The first-order chi connectivity index (χ1) is 5.35. The van der Waals surface area contributed by atoms with Gasteiger partial charge in [0, 0.05) is 0 Å². The van der Waals surface area contributed by atoms with Crippen LogP contribution in [0.2, 0.25) is 0 Å². The molecular weight excluding hydrogens is 136 g/mol. The van der Waals surface area contributed by atoms with Gasteiger partial charge in [-0.2, -0.15) is 0 Å². The highest BCUT2D eigenvalue weighted by Gasteiger charge is 2.02. The van der Waals surface area contributed by atoms with Crippen LogP contribution in [-0.4, -0.2) is 12.7 Å². The summed E-state index contributed by atoms with van der Waals surface area (Å²) in [6, 6.07) is 0. The molecule has 1 atom stereocenters. The van der Waals surface area contributed by atoms with E-state index >= 15 is 0 Å². The molecule has 0 amide bonds. The lowest BCUT2D eigenvalue weighted by atomic mass is 10.1. The van der Waals surface area contributed by atoms with E-state index in [2.05, 4.69) is 20.4 Å². The maximum atomic E-state index is 5.60. The Hall–Kier alpha value is -0.300. The fourth-order valence-corrected chi connectivity index (χ4v) is 1.05. The van der Waals surface area contributed by atoms with E-state index in [1.165, 1.54) is 12.8 Å². The molecular formula is C10H20O. The molecule has 0 spiro atoms. The summed E-state index contributed by atoms with van der Waals surface area (Å²) in [6.07, 6.45) is 6.88. The Bertz CT molecular complexity index is 88.9. The molecule has 1 unspecified atom stereocenters. The van der Waals surface area contributed by atoms with E-state index in [1.54, 1.807) is 0 Å². The van der Waals surface area contributed by atoms with Crippen molar-refractivity contribution in [1.29, 1.82) is 0 Å². The third-order valence-electron chi connectivity index (χ3n) is 1.74. The Kier molecular flexibility index (Phi) is 7.59. The molecule has 0 heterocycles. The van der Waals surface area contributed by atoms with E-state index in [0.717, 1.165) is 19.4 Å². The molecule has 0 bridgehead atoms. The van der Waals surface area contributed by atoms with E-state index in [-0.39, 0.29) is 0 Å². The Morgan fingerprint density at radius 3 is 2.64 bits per heavy atom. The highest BCUT2D eigenvalue weighted by atomic mass is 16.5. The fraction of sp³-hybridized carbons (Fsp3) is 0.800. The summed E-state index contributed by atoms with van der Waals surface area (Å²) in [5.41, 5.74) is 0. The molecule has 1 heteroatoms. The van der Waals surface area contributed by atoms with Gasteiger partial charge >= 0.3 is 0 Å². The van der Waals surface area contributed by atoms with E-state index < -0.39 is 0 Å². The number of hydrogen-bond acceptors (Lipinski definition) is 1. The van der Waals surface area contributed by atoms with E-state index in [0.29, 0.717) is 6.10 Å². The zero-order valence-electron chi connectivity index (χ0n) is 7.81. The molecule has 0 radical (unpaired) electrons. The molecule has 0 aromatic carbocycles. The van der Waals surface area contributed by atoms with Gasteiger partial charge in [-0.1, -0.05) is 26.3 Å². The zero-order chi connectivity index (χ0) is 8.53. The molecule has 0 aliphatic heterocycles. The van der Waals surface area contributed by atoms with Crippen LogP contribution in [0, 0.1) is 0 Å². The van der Waals surface area contributed by atoms with Crippen molar-refractivity contribution in [2.45, 2.75) is 45.6 Å². The third kappa shape index (κ3) is 6.11. The van der Waals surface area contributed by atoms with Crippen LogP contribution < -0.4 is 0 Å². The normalized spacial score (nSPS) is 12.9. The number of ether oxygens (including phenoxy) is 1. The fourth-order valence-electron chi connectivity index (χ4n) is 1.05. The van der Waals surface area contributed by atoms with Crippen molar-refractivity contribution in [3.63, 3.8) is 0 Å². The Morgan fingerprint density at radius 1 is 1.45 bits per heavy atom. The molecule has 0 aliphatic carbocycles. The Morgan fingerprint density at radius 2 is 2.18 bits per heavy atom. The predicted molar refractivity (Wildman–Crippen MR) is 49.8 cm³/mol. The van der Waals surface area contributed by atoms with Crippen molar-refractivity contribution < 1.29 is 4.74 Å². The molecule has 0 fully saturated rings. The monoisotopic (exact) mass is 156 g/mol. The van der Waals surface area contributed by atoms with Crippen LogP contribution in [0.3, 0.4) is 0 Å². The quantitative estimate of drug-likeness (QED) is 0.406. The van der Waals surface area contributed by atoms with Gasteiger partial charge in [0.15, 0.2) is 0 Å². The SMILES string of the molecule is C=CCCOC(CC)CCC. The van der Waals surface area contributed by atoms with E-state index in [1.807, 2.05) is 6.08 Å². The first-order valence-electron chi connectivity index (χ1n) is 4.57. The van der Waals surface area contributed by atoms with Crippen LogP contribution in [0.5, 0.6) is 0 Å². The molecule has 11 heavy (non-hydrogen) atoms. The lowest BCUT2D eigenvalue weighted by Crippen LogP contribution is -2.11. The average molecular weight is 156 g/mol. The number of rotatable bonds is 7. The molecule has 0 saturated carbocycles. The molecule has 0 aliphatic rings. The smallest absolute Gasteiger partial charge is 0.0572 e. The van der Waals surface area contributed by atoms with Gasteiger partial charge in [0.2, 0.25) is 0 Å². The van der Waals surface area contributed by atoms with Crippen molar-refractivity contribution in [2.75, 3.05) is 6.61 Å². The van der Waals surface area contributed by atoms with Crippen molar-refractivity contribution in [3.8, 4) is 0 Å². The molecule has 0 aromatic rings. The van der Waals surface area contributed by atoms with Crippen LogP contribution in [0.15, 0.2) is 12.7 Å². The van der Waals surface area contributed by atoms with Crippen molar-refractivity contribution >= 4 is 0 Å². The molecule has 0 N–H and O–H groups in total. The van der Waals surface area contributed by atoms with Gasteiger partial charge < -0.3 is 4.74 Å². The molecule has 1 nitrogen and oxygen atoms in total. The summed E-state index contributed by atoms with van der Waals surface area (Å²) in [5.74, 6) is 0. The summed E-state index contributed by atoms with van der Waals surface area (Å²) in [5, 5.41) is 0. The van der Waals surface area contributed by atoms with Gasteiger partial charge in [-0.15, -0.1) is 6.58 Å². The van der Waals surface area contributed by atoms with E-state index in [9.17, 15) is 0 Å². The van der Waals surface area contributed by atoms with Gasteiger partial charge in [-0.25, -0.2) is 0 Å². The summed E-state index contributed by atoms with van der Waals surface area (Å²) in [4.78, 5) is 0. The summed E-state index contributed by atoms with van der Waals surface area (Å²) < 4.78 is 5.60. The first-order valence-corrected chi connectivity index (χ1v) is 4.57. The van der Waals surface area contributed by atoms with E-state index in [4.69, 9.17) is 4.74 Å². The van der Waals surface area contributed by atoms with Crippen molar-refractivity contribution in [1.82, 2.24) is 0 Å². The summed E-state index contributed by atoms with van der Waals surface area (Å²) >= 11 is 0. The van der Waals surface area contributed by atoms with Gasteiger partial charge in [-0.3, -0.25) is 0 Å². The van der Waals surface area contributed by atoms with Crippen LogP contribution in [0.25, 0.3) is 0 Å². The summed E-state index contributed by atoms with van der Waals surface area (Å²) in [6.45, 7) is 8.85. The lowest BCUT2D eigenvalue weighted by Gasteiger charge is -2.13. The highest BCUT2D eigenvalue weighted by molar-refractivity contribution is 4.65. The second-order valence-corrected chi connectivity index (χ2v) is 2.77. The lowest BCUT2D eigenvalue weighted by molar-refractivity contribution is 0.0476.